The van der Waals surface area contributed by atoms with Gasteiger partial charge in [0.25, 0.3) is 0 Å². The smallest absolute Gasteiger partial charge is 0.0613 e. The molecule has 2 atom stereocenters. The lowest BCUT2D eigenvalue weighted by Gasteiger charge is -2.34. The van der Waals surface area contributed by atoms with E-state index in [1.807, 2.05) is 6.08 Å². The van der Waals surface area contributed by atoms with E-state index in [-0.39, 0.29) is 12.1 Å². The molecule has 0 aliphatic heterocycles. The highest BCUT2D eigenvalue weighted by Crippen LogP contribution is 2.30. The van der Waals surface area contributed by atoms with Crippen molar-refractivity contribution in [3.8, 4) is 0 Å². The van der Waals surface area contributed by atoms with E-state index in [2.05, 4.69) is 25.7 Å². The largest absolute Gasteiger partial charge is 0.394 e. The summed E-state index contributed by atoms with van der Waals surface area (Å²) in [7, 11) is 0. The Labute approximate surface area is 93.8 Å². The van der Waals surface area contributed by atoms with E-state index >= 15 is 0 Å². The molecule has 1 rings (SSSR count). The minimum atomic E-state index is 0.00878. The average Bonchev–Trinajstić information content (AvgIpc) is 2.67. The molecule has 88 valence electrons. The van der Waals surface area contributed by atoms with E-state index in [0.29, 0.717) is 12.0 Å². The molecule has 15 heavy (non-hydrogen) atoms. The standard InChI is InChI=1S/C13H25NO/c1-4-7-11(2)12(3)14-13(10-15)8-5-6-9-13/h4,11-12,14-15H,1,5-10H2,2-3H3. The lowest BCUT2D eigenvalue weighted by atomic mass is 9.93. The Hall–Kier alpha value is -0.340. The van der Waals surface area contributed by atoms with E-state index in [1.165, 1.54) is 12.8 Å². The van der Waals surface area contributed by atoms with Crippen LogP contribution in [0.4, 0.5) is 0 Å². The molecular formula is C13H25NO. The first-order chi connectivity index (χ1) is 7.13. The predicted octanol–water partition coefficient (Wildman–Crippen LogP) is 2.48. The number of aliphatic hydroxyl groups excluding tert-OH is 1. The van der Waals surface area contributed by atoms with Crippen molar-refractivity contribution in [3.63, 3.8) is 0 Å². The van der Waals surface area contributed by atoms with E-state index < -0.39 is 0 Å². The van der Waals surface area contributed by atoms with Crippen LogP contribution in [0.15, 0.2) is 12.7 Å². The zero-order chi connectivity index (χ0) is 11.3. The summed E-state index contributed by atoms with van der Waals surface area (Å²) < 4.78 is 0. The molecule has 1 saturated carbocycles. The van der Waals surface area contributed by atoms with Crippen LogP contribution >= 0.6 is 0 Å². The predicted molar refractivity (Wildman–Crippen MR) is 64.9 cm³/mol. The van der Waals surface area contributed by atoms with Crippen LogP contribution in [-0.2, 0) is 0 Å². The highest BCUT2D eigenvalue weighted by molar-refractivity contribution is 4.95. The third-order valence-corrected chi connectivity index (χ3v) is 3.79. The van der Waals surface area contributed by atoms with Gasteiger partial charge in [-0.15, -0.1) is 6.58 Å². The maximum absolute atomic E-state index is 9.49. The summed E-state index contributed by atoms with van der Waals surface area (Å²) in [6, 6.07) is 0.452. The van der Waals surface area contributed by atoms with Gasteiger partial charge in [-0.2, -0.15) is 0 Å². The Morgan fingerprint density at radius 3 is 2.47 bits per heavy atom. The summed E-state index contributed by atoms with van der Waals surface area (Å²) in [5, 5.41) is 13.1. The van der Waals surface area contributed by atoms with Crippen molar-refractivity contribution in [2.45, 2.75) is 57.5 Å². The van der Waals surface area contributed by atoms with Crippen molar-refractivity contribution in [2.75, 3.05) is 6.61 Å². The van der Waals surface area contributed by atoms with Gasteiger partial charge in [0.1, 0.15) is 0 Å². The quantitative estimate of drug-likeness (QED) is 0.662. The Morgan fingerprint density at radius 2 is 2.00 bits per heavy atom. The van der Waals surface area contributed by atoms with Crippen LogP contribution in [-0.4, -0.2) is 23.3 Å². The van der Waals surface area contributed by atoms with E-state index in [0.717, 1.165) is 19.3 Å². The van der Waals surface area contributed by atoms with Crippen molar-refractivity contribution in [3.05, 3.63) is 12.7 Å². The number of aliphatic hydroxyl groups is 1. The van der Waals surface area contributed by atoms with Crippen molar-refractivity contribution in [1.29, 1.82) is 0 Å². The molecule has 0 heterocycles. The van der Waals surface area contributed by atoms with Gasteiger partial charge >= 0.3 is 0 Å². The first-order valence-corrected chi connectivity index (χ1v) is 6.13. The molecule has 0 bridgehead atoms. The first-order valence-electron chi connectivity index (χ1n) is 6.13. The molecule has 2 heteroatoms. The Bertz CT molecular complexity index is 197. The monoisotopic (exact) mass is 211 g/mol. The highest BCUT2D eigenvalue weighted by atomic mass is 16.3. The van der Waals surface area contributed by atoms with Crippen molar-refractivity contribution < 1.29 is 5.11 Å². The third kappa shape index (κ3) is 3.32. The lowest BCUT2D eigenvalue weighted by Crippen LogP contribution is -2.52. The molecule has 1 aliphatic carbocycles. The van der Waals surface area contributed by atoms with Gasteiger partial charge in [0, 0.05) is 11.6 Å². The van der Waals surface area contributed by atoms with Gasteiger partial charge in [-0.1, -0.05) is 25.8 Å². The van der Waals surface area contributed by atoms with Crippen LogP contribution in [0, 0.1) is 5.92 Å². The minimum absolute atomic E-state index is 0.00878. The topological polar surface area (TPSA) is 32.3 Å². The Kier molecular flexibility index (Phi) is 4.81. The zero-order valence-electron chi connectivity index (χ0n) is 10.1. The number of rotatable bonds is 6. The van der Waals surface area contributed by atoms with Gasteiger partial charge in [0.05, 0.1) is 6.61 Å². The number of hydrogen-bond donors (Lipinski definition) is 2. The van der Waals surface area contributed by atoms with E-state index in [9.17, 15) is 5.11 Å². The summed E-state index contributed by atoms with van der Waals surface area (Å²) in [5.74, 6) is 0.589. The summed E-state index contributed by atoms with van der Waals surface area (Å²) in [6.07, 6.45) is 7.74. The van der Waals surface area contributed by atoms with Gasteiger partial charge in [-0.25, -0.2) is 0 Å². The van der Waals surface area contributed by atoms with E-state index in [1.54, 1.807) is 0 Å². The number of allylic oxidation sites excluding steroid dienone is 1. The molecule has 0 spiro atoms. The van der Waals surface area contributed by atoms with Crippen molar-refractivity contribution in [2.24, 2.45) is 5.92 Å². The lowest BCUT2D eigenvalue weighted by molar-refractivity contribution is 0.142. The molecule has 0 aromatic carbocycles. The van der Waals surface area contributed by atoms with Gasteiger partial charge in [0.2, 0.25) is 0 Å². The molecule has 2 unspecified atom stereocenters. The Morgan fingerprint density at radius 1 is 1.40 bits per heavy atom. The second-order valence-electron chi connectivity index (χ2n) is 5.08. The number of nitrogens with one attached hydrogen (secondary N) is 1. The van der Waals surface area contributed by atoms with Crippen LogP contribution in [0.2, 0.25) is 0 Å². The van der Waals surface area contributed by atoms with Crippen LogP contribution < -0.4 is 5.32 Å². The average molecular weight is 211 g/mol. The van der Waals surface area contributed by atoms with Gasteiger partial charge in [0.15, 0.2) is 0 Å². The van der Waals surface area contributed by atoms with E-state index in [4.69, 9.17) is 0 Å². The van der Waals surface area contributed by atoms with Crippen molar-refractivity contribution >= 4 is 0 Å². The summed E-state index contributed by atoms with van der Waals surface area (Å²) in [5.41, 5.74) is 0.00878. The highest BCUT2D eigenvalue weighted by Gasteiger charge is 2.34. The molecule has 0 radical (unpaired) electrons. The van der Waals surface area contributed by atoms with Crippen molar-refractivity contribution in [1.82, 2.24) is 5.32 Å². The fourth-order valence-corrected chi connectivity index (χ4v) is 2.49. The Balaban J connectivity index is 2.47. The first kappa shape index (κ1) is 12.7. The van der Waals surface area contributed by atoms with Crippen LogP contribution in [0.3, 0.4) is 0 Å². The van der Waals surface area contributed by atoms with Gasteiger partial charge in [-0.05, 0) is 32.1 Å². The summed E-state index contributed by atoms with van der Waals surface area (Å²) in [4.78, 5) is 0. The van der Waals surface area contributed by atoms with Gasteiger partial charge < -0.3 is 10.4 Å². The minimum Gasteiger partial charge on any atom is -0.394 e. The normalized spacial score (nSPS) is 23.7. The molecular weight excluding hydrogens is 186 g/mol. The third-order valence-electron chi connectivity index (χ3n) is 3.79. The second kappa shape index (κ2) is 5.66. The van der Waals surface area contributed by atoms with Gasteiger partial charge in [-0.3, -0.25) is 0 Å². The molecule has 0 aromatic heterocycles. The number of hydrogen-bond acceptors (Lipinski definition) is 2. The molecule has 0 aromatic rings. The van der Waals surface area contributed by atoms with Crippen LogP contribution in [0.5, 0.6) is 0 Å². The maximum Gasteiger partial charge on any atom is 0.0613 e. The zero-order valence-corrected chi connectivity index (χ0v) is 10.1. The summed E-state index contributed by atoms with van der Waals surface area (Å²) >= 11 is 0. The van der Waals surface area contributed by atoms with Crippen LogP contribution in [0.25, 0.3) is 0 Å². The molecule has 2 N–H and O–H groups in total. The maximum atomic E-state index is 9.49. The van der Waals surface area contributed by atoms with Crippen LogP contribution in [0.1, 0.15) is 46.0 Å². The fourth-order valence-electron chi connectivity index (χ4n) is 2.49. The fraction of sp³-hybridized carbons (Fsp3) is 0.846. The SMILES string of the molecule is C=CCC(C)C(C)NC1(CO)CCCC1. The molecule has 2 nitrogen and oxygen atoms in total. The summed E-state index contributed by atoms with van der Waals surface area (Å²) in [6.45, 7) is 8.50. The molecule has 1 fully saturated rings. The molecule has 0 saturated heterocycles. The molecule has 0 amide bonds. The molecule has 1 aliphatic rings. The second-order valence-corrected chi connectivity index (χ2v) is 5.08.